The molecule has 0 aromatic carbocycles. The summed E-state index contributed by atoms with van der Waals surface area (Å²) in [6.45, 7) is 2.20. The van der Waals surface area contributed by atoms with Crippen LogP contribution in [-0.4, -0.2) is 17.5 Å². The summed E-state index contributed by atoms with van der Waals surface area (Å²) in [7, 11) is 0. The van der Waals surface area contributed by atoms with Crippen LogP contribution in [-0.2, 0) is 4.79 Å². The van der Waals surface area contributed by atoms with E-state index in [0.717, 1.165) is 12.8 Å². The van der Waals surface area contributed by atoms with Crippen LogP contribution >= 0.6 is 0 Å². The average molecular weight is 156 g/mol. The zero-order valence-corrected chi connectivity index (χ0v) is 7.05. The molecule has 2 atom stereocenters. The molecular formula is C9H16O2. The van der Waals surface area contributed by atoms with Gasteiger partial charge >= 0.3 is 0 Å². The Kier molecular flexibility index (Phi) is 3.06. The molecule has 11 heavy (non-hydrogen) atoms. The standard InChI is InChI=1S/C9H16O2/c1-7-2-3-8(6-7)9(11)4-5-10/h7-8,10H,2-6H2,1H3/t7-,8-/m0/s1. The van der Waals surface area contributed by atoms with E-state index in [1.54, 1.807) is 0 Å². The van der Waals surface area contributed by atoms with Gasteiger partial charge in [-0.05, 0) is 25.2 Å². The monoisotopic (exact) mass is 156 g/mol. The van der Waals surface area contributed by atoms with E-state index >= 15 is 0 Å². The first kappa shape index (κ1) is 8.72. The Morgan fingerprint density at radius 1 is 1.55 bits per heavy atom. The van der Waals surface area contributed by atoms with E-state index in [9.17, 15) is 4.79 Å². The maximum Gasteiger partial charge on any atom is 0.138 e. The second-order valence-corrected chi connectivity index (χ2v) is 3.56. The maximum atomic E-state index is 11.2. The van der Waals surface area contributed by atoms with Crippen molar-refractivity contribution in [2.75, 3.05) is 6.61 Å². The first-order chi connectivity index (χ1) is 5.24. The summed E-state index contributed by atoms with van der Waals surface area (Å²) >= 11 is 0. The molecule has 0 aliphatic heterocycles. The summed E-state index contributed by atoms with van der Waals surface area (Å²) < 4.78 is 0. The highest BCUT2D eigenvalue weighted by molar-refractivity contribution is 5.81. The highest BCUT2D eigenvalue weighted by Gasteiger charge is 2.26. The van der Waals surface area contributed by atoms with Crippen LogP contribution in [0.2, 0.25) is 0 Å². The summed E-state index contributed by atoms with van der Waals surface area (Å²) in [5.74, 6) is 1.23. The van der Waals surface area contributed by atoms with Crippen LogP contribution in [0, 0.1) is 11.8 Å². The molecule has 1 aliphatic carbocycles. The molecule has 0 bridgehead atoms. The average Bonchev–Trinajstić information content (AvgIpc) is 2.36. The molecule has 0 radical (unpaired) electrons. The molecule has 0 aromatic heterocycles. The van der Waals surface area contributed by atoms with Crippen molar-refractivity contribution in [1.29, 1.82) is 0 Å². The van der Waals surface area contributed by atoms with E-state index < -0.39 is 0 Å². The predicted octanol–water partition coefficient (Wildman–Crippen LogP) is 1.37. The van der Waals surface area contributed by atoms with E-state index in [-0.39, 0.29) is 18.3 Å². The molecular weight excluding hydrogens is 140 g/mol. The van der Waals surface area contributed by atoms with Gasteiger partial charge in [-0.25, -0.2) is 0 Å². The van der Waals surface area contributed by atoms with Crippen LogP contribution in [0.4, 0.5) is 0 Å². The number of aliphatic hydroxyl groups is 1. The van der Waals surface area contributed by atoms with Gasteiger partial charge in [0, 0.05) is 18.9 Å². The van der Waals surface area contributed by atoms with Gasteiger partial charge in [-0.3, -0.25) is 4.79 Å². The molecule has 2 heteroatoms. The summed E-state index contributed by atoms with van der Waals surface area (Å²) in [6.07, 6.45) is 3.62. The van der Waals surface area contributed by atoms with E-state index in [1.165, 1.54) is 6.42 Å². The smallest absolute Gasteiger partial charge is 0.138 e. The molecule has 1 N–H and O–H groups in total. The lowest BCUT2D eigenvalue weighted by molar-refractivity contribution is -0.123. The third-order valence-electron chi connectivity index (χ3n) is 2.51. The van der Waals surface area contributed by atoms with Gasteiger partial charge in [0.1, 0.15) is 5.78 Å². The summed E-state index contributed by atoms with van der Waals surface area (Å²) in [4.78, 5) is 11.2. The fraction of sp³-hybridized carbons (Fsp3) is 0.889. The van der Waals surface area contributed by atoms with Crippen molar-refractivity contribution in [1.82, 2.24) is 0 Å². The molecule has 0 amide bonds. The summed E-state index contributed by atoms with van der Waals surface area (Å²) in [5, 5.41) is 8.54. The van der Waals surface area contributed by atoms with Crippen molar-refractivity contribution in [3.63, 3.8) is 0 Å². The molecule has 1 saturated carbocycles. The third-order valence-corrected chi connectivity index (χ3v) is 2.51. The second-order valence-electron chi connectivity index (χ2n) is 3.56. The number of ketones is 1. The van der Waals surface area contributed by atoms with Gasteiger partial charge in [0.2, 0.25) is 0 Å². The molecule has 2 nitrogen and oxygen atoms in total. The minimum absolute atomic E-state index is 0.0176. The van der Waals surface area contributed by atoms with Crippen molar-refractivity contribution in [3.8, 4) is 0 Å². The SMILES string of the molecule is C[C@H]1CC[C@H](C(=O)CCO)C1. The number of Topliss-reactive ketones (excluding diaryl/α,β-unsaturated/α-hetero) is 1. The Morgan fingerprint density at radius 3 is 2.73 bits per heavy atom. The molecule has 0 saturated heterocycles. The Bertz CT molecular complexity index is 142. The zero-order chi connectivity index (χ0) is 8.27. The number of aliphatic hydroxyl groups excluding tert-OH is 1. The normalized spacial score (nSPS) is 30.7. The molecule has 1 fully saturated rings. The van der Waals surface area contributed by atoms with Crippen LogP contribution in [0.15, 0.2) is 0 Å². The number of hydrogen-bond acceptors (Lipinski definition) is 2. The Hall–Kier alpha value is -0.370. The number of carbonyl (C=O) groups excluding carboxylic acids is 1. The van der Waals surface area contributed by atoms with Crippen LogP contribution in [0.5, 0.6) is 0 Å². The van der Waals surface area contributed by atoms with Gasteiger partial charge in [0.15, 0.2) is 0 Å². The highest BCUT2D eigenvalue weighted by Crippen LogP contribution is 2.31. The maximum absolute atomic E-state index is 11.2. The van der Waals surface area contributed by atoms with Crippen molar-refractivity contribution in [2.24, 2.45) is 11.8 Å². The van der Waals surface area contributed by atoms with Crippen molar-refractivity contribution >= 4 is 5.78 Å². The predicted molar refractivity (Wildman–Crippen MR) is 43.2 cm³/mol. The van der Waals surface area contributed by atoms with E-state index in [1.807, 2.05) is 0 Å². The Morgan fingerprint density at radius 2 is 2.27 bits per heavy atom. The van der Waals surface area contributed by atoms with Crippen molar-refractivity contribution in [2.45, 2.75) is 32.6 Å². The summed E-state index contributed by atoms with van der Waals surface area (Å²) in [6, 6.07) is 0. The Balaban J connectivity index is 2.31. The quantitative estimate of drug-likeness (QED) is 0.670. The van der Waals surface area contributed by atoms with Crippen LogP contribution < -0.4 is 0 Å². The van der Waals surface area contributed by atoms with Gasteiger partial charge in [-0.1, -0.05) is 6.92 Å². The molecule has 1 rings (SSSR count). The first-order valence-corrected chi connectivity index (χ1v) is 4.37. The van der Waals surface area contributed by atoms with Gasteiger partial charge in [0.05, 0.1) is 0 Å². The van der Waals surface area contributed by atoms with Gasteiger partial charge in [-0.2, -0.15) is 0 Å². The lowest BCUT2D eigenvalue weighted by Crippen LogP contribution is -2.12. The summed E-state index contributed by atoms with van der Waals surface area (Å²) in [5.41, 5.74) is 0. The minimum atomic E-state index is 0.0176. The van der Waals surface area contributed by atoms with Crippen LogP contribution in [0.3, 0.4) is 0 Å². The van der Waals surface area contributed by atoms with E-state index in [0.29, 0.717) is 12.3 Å². The van der Waals surface area contributed by atoms with Crippen molar-refractivity contribution in [3.05, 3.63) is 0 Å². The largest absolute Gasteiger partial charge is 0.396 e. The van der Waals surface area contributed by atoms with E-state index in [4.69, 9.17) is 5.11 Å². The molecule has 0 spiro atoms. The lowest BCUT2D eigenvalue weighted by atomic mass is 9.99. The first-order valence-electron chi connectivity index (χ1n) is 4.37. The topological polar surface area (TPSA) is 37.3 Å². The molecule has 0 heterocycles. The minimum Gasteiger partial charge on any atom is -0.396 e. The van der Waals surface area contributed by atoms with Gasteiger partial charge < -0.3 is 5.11 Å². The lowest BCUT2D eigenvalue weighted by Gasteiger charge is -2.05. The van der Waals surface area contributed by atoms with Gasteiger partial charge in [-0.15, -0.1) is 0 Å². The highest BCUT2D eigenvalue weighted by atomic mass is 16.3. The Labute approximate surface area is 67.6 Å². The molecule has 0 aromatic rings. The van der Waals surface area contributed by atoms with Gasteiger partial charge in [0.25, 0.3) is 0 Å². The number of hydrogen-bond donors (Lipinski definition) is 1. The van der Waals surface area contributed by atoms with Crippen LogP contribution in [0.25, 0.3) is 0 Å². The van der Waals surface area contributed by atoms with E-state index in [2.05, 4.69) is 6.92 Å². The fourth-order valence-corrected chi connectivity index (χ4v) is 1.81. The second kappa shape index (κ2) is 3.86. The number of rotatable bonds is 3. The fourth-order valence-electron chi connectivity index (χ4n) is 1.81. The molecule has 1 aliphatic rings. The van der Waals surface area contributed by atoms with Crippen molar-refractivity contribution < 1.29 is 9.90 Å². The molecule has 0 unspecified atom stereocenters. The van der Waals surface area contributed by atoms with Crippen LogP contribution in [0.1, 0.15) is 32.6 Å². The number of carbonyl (C=O) groups is 1. The molecule has 64 valence electrons. The zero-order valence-electron chi connectivity index (χ0n) is 7.05. The third kappa shape index (κ3) is 2.29.